The smallest absolute Gasteiger partial charge is 0.128 e. The molecule has 3 nitrogen and oxygen atoms in total. The summed E-state index contributed by atoms with van der Waals surface area (Å²) < 4.78 is 0. The lowest BCUT2D eigenvalue weighted by Gasteiger charge is -2.12. The zero-order valence-corrected chi connectivity index (χ0v) is 12.7. The third-order valence-electron chi connectivity index (χ3n) is 4.05. The molecule has 0 bridgehead atoms. The van der Waals surface area contributed by atoms with Gasteiger partial charge in [-0.05, 0) is 11.6 Å². The normalized spacial score (nSPS) is 16.7. The van der Waals surface area contributed by atoms with Crippen LogP contribution in [0.25, 0.3) is 11.3 Å². The van der Waals surface area contributed by atoms with Gasteiger partial charge in [-0.3, -0.25) is 9.98 Å². The van der Waals surface area contributed by atoms with Gasteiger partial charge in [-0.15, -0.1) is 0 Å². The van der Waals surface area contributed by atoms with E-state index in [2.05, 4.69) is 51.7 Å². The highest BCUT2D eigenvalue weighted by Gasteiger charge is 2.20. The molecule has 0 amide bonds. The second-order valence-corrected chi connectivity index (χ2v) is 5.60. The van der Waals surface area contributed by atoms with Crippen molar-refractivity contribution in [3.05, 3.63) is 90.1 Å². The van der Waals surface area contributed by atoms with Crippen LogP contribution in [0.15, 0.2) is 84.0 Å². The van der Waals surface area contributed by atoms with E-state index in [0.717, 1.165) is 29.2 Å². The average Bonchev–Trinajstić information content (AvgIpc) is 3.14. The van der Waals surface area contributed by atoms with Crippen molar-refractivity contribution < 1.29 is 0 Å². The van der Waals surface area contributed by atoms with Crippen LogP contribution in [-0.2, 0) is 0 Å². The molecule has 3 heteroatoms. The molecule has 112 valence electrons. The van der Waals surface area contributed by atoms with Crippen LogP contribution in [0.2, 0.25) is 0 Å². The van der Waals surface area contributed by atoms with Crippen molar-refractivity contribution in [3.63, 3.8) is 0 Å². The fraction of sp³-hybridized carbons (Fsp3) is 0.100. The summed E-state index contributed by atoms with van der Waals surface area (Å²) in [5, 5.41) is 3.49. The van der Waals surface area contributed by atoms with Crippen LogP contribution in [-0.4, -0.2) is 17.4 Å². The Labute approximate surface area is 135 Å². The molecule has 1 aromatic heterocycles. The molecule has 23 heavy (non-hydrogen) atoms. The Bertz CT molecular complexity index is 809. The lowest BCUT2D eigenvalue weighted by molar-refractivity contribution is 0.706. The largest absolute Gasteiger partial charge is 0.361 e. The molecule has 1 aliphatic rings. The van der Waals surface area contributed by atoms with Gasteiger partial charge in [0.2, 0.25) is 0 Å². The second-order valence-electron chi connectivity index (χ2n) is 5.60. The Balaban J connectivity index is 1.50. The van der Waals surface area contributed by atoms with E-state index in [0.29, 0.717) is 0 Å². The molecule has 0 fully saturated rings. The number of aliphatic imine (C=N–C) groups is 1. The molecule has 4 rings (SSSR count). The van der Waals surface area contributed by atoms with E-state index in [4.69, 9.17) is 0 Å². The van der Waals surface area contributed by atoms with Gasteiger partial charge >= 0.3 is 0 Å². The average molecular weight is 299 g/mol. The molecular weight excluding hydrogens is 282 g/mol. The molecule has 0 radical (unpaired) electrons. The molecule has 1 aliphatic heterocycles. The van der Waals surface area contributed by atoms with Crippen molar-refractivity contribution in [2.75, 3.05) is 6.54 Å². The van der Waals surface area contributed by atoms with E-state index in [1.165, 1.54) is 5.56 Å². The fourth-order valence-corrected chi connectivity index (χ4v) is 2.79. The Morgan fingerprint density at radius 2 is 1.48 bits per heavy atom. The molecule has 1 unspecified atom stereocenters. The first-order chi connectivity index (χ1) is 11.4. The molecule has 2 aromatic carbocycles. The summed E-state index contributed by atoms with van der Waals surface area (Å²) >= 11 is 0. The second kappa shape index (κ2) is 6.05. The van der Waals surface area contributed by atoms with Gasteiger partial charge in [-0.2, -0.15) is 0 Å². The fourth-order valence-electron chi connectivity index (χ4n) is 2.79. The summed E-state index contributed by atoms with van der Waals surface area (Å²) in [6, 6.07) is 24.9. The van der Waals surface area contributed by atoms with Gasteiger partial charge in [0.15, 0.2) is 0 Å². The van der Waals surface area contributed by atoms with Crippen molar-refractivity contribution in [2.24, 2.45) is 4.99 Å². The third kappa shape index (κ3) is 2.86. The molecule has 1 atom stereocenters. The number of amidine groups is 1. The Kier molecular flexibility index (Phi) is 3.60. The Morgan fingerprint density at radius 1 is 0.783 bits per heavy atom. The number of nitrogens with zero attached hydrogens (tertiary/aromatic N) is 2. The van der Waals surface area contributed by atoms with Crippen LogP contribution in [0.1, 0.15) is 17.2 Å². The molecule has 0 saturated heterocycles. The van der Waals surface area contributed by atoms with Gasteiger partial charge in [-0.25, -0.2) is 0 Å². The Morgan fingerprint density at radius 3 is 2.13 bits per heavy atom. The Hall–Kier alpha value is -2.94. The van der Waals surface area contributed by atoms with E-state index < -0.39 is 0 Å². The van der Waals surface area contributed by atoms with Gasteiger partial charge in [0.1, 0.15) is 5.84 Å². The summed E-state index contributed by atoms with van der Waals surface area (Å²) in [7, 11) is 0. The molecule has 0 spiro atoms. The number of rotatable bonds is 3. The van der Waals surface area contributed by atoms with Crippen LogP contribution in [0.4, 0.5) is 0 Å². The number of hydrogen-bond donors (Lipinski definition) is 1. The summed E-state index contributed by atoms with van der Waals surface area (Å²) in [6.07, 6.45) is 1.95. The SMILES string of the molecule is c1ccc(C2=NCC(c3ccc(-c4ccccc4)nc3)N2)cc1. The van der Waals surface area contributed by atoms with Crippen molar-refractivity contribution in [3.8, 4) is 11.3 Å². The maximum atomic E-state index is 4.62. The molecule has 2 heterocycles. The number of pyridine rings is 1. The van der Waals surface area contributed by atoms with Gasteiger partial charge < -0.3 is 5.32 Å². The number of aromatic nitrogens is 1. The molecule has 3 aromatic rings. The number of hydrogen-bond acceptors (Lipinski definition) is 3. The lowest BCUT2D eigenvalue weighted by atomic mass is 10.1. The summed E-state index contributed by atoms with van der Waals surface area (Å²) in [4.78, 5) is 9.22. The first-order valence-electron chi connectivity index (χ1n) is 7.78. The first-order valence-corrected chi connectivity index (χ1v) is 7.78. The highest BCUT2D eigenvalue weighted by molar-refractivity contribution is 6.00. The number of benzene rings is 2. The van der Waals surface area contributed by atoms with Crippen LogP contribution in [0.5, 0.6) is 0 Å². The van der Waals surface area contributed by atoms with Crippen molar-refractivity contribution in [1.82, 2.24) is 10.3 Å². The van der Waals surface area contributed by atoms with Gasteiger partial charge in [0, 0.05) is 17.3 Å². The van der Waals surface area contributed by atoms with Crippen LogP contribution >= 0.6 is 0 Å². The standard InChI is InChI=1S/C20H17N3/c1-3-7-15(8-4-1)18-12-11-17(13-21-18)19-14-22-20(23-19)16-9-5-2-6-10-16/h1-13,19H,14H2,(H,22,23). The van der Waals surface area contributed by atoms with E-state index in [-0.39, 0.29) is 6.04 Å². The van der Waals surface area contributed by atoms with Crippen molar-refractivity contribution in [2.45, 2.75) is 6.04 Å². The molecule has 0 saturated carbocycles. The van der Waals surface area contributed by atoms with Gasteiger partial charge in [0.25, 0.3) is 0 Å². The van der Waals surface area contributed by atoms with Crippen LogP contribution in [0, 0.1) is 0 Å². The lowest BCUT2D eigenvalue weighted by Crippen LogP contribution is -2.24. The molecule has 0 aliphatic carbocycles. The quantitative estimate of drug-likeness (QED) is 0.798. The van der Waals surface area contributed by atoms with Crippen molar-refractivity contribution in [1.29, 1.82) is 0 Å². The van der Waals surface area contributed by atoms with E-state index in [1.54, 1.807) is 0 Å². The van der Waals surface area contributed by atoms with Crippen LogP contribution < -0.4 is 5.32 Å². The topological polar surface area (TPSA) is 37.3 Å². The highest BCUT2D eigenvalue weighted by Crippen LogP contribution is 2.22. The minimum atomic E-state index is 0.197. The maximum absolute atomic E-state index is 4.62. The maximum Gasteiger partial charge on any atom is 0.128 e. The van der Waals surface area contributed by atoms with E-state index in [9.17, 15) is 0 Å². The van der Waals surface area contributed by atoms with Gasteiger partial charge in [-0.1, -0.05) is 66.7 Å². The predicted octanol–water partition coefficient (Wildman–Crippen LogP) is 3.84. The minimum Gasteiger partial charge on any atom is -0.361 e. The van der Waals surface area contributed by atoms with Crippen molar-refractivity contribution >= 4 is 5.84 Å². The molecular formula is C20H17N3. The predicted molar refractivity (Wildman–Crippen MR) is 93.4 cm³/mol. The minimum absolute atomic E-state index is 0.197. The summed E-state index contributed by atoms with van der Waals surface area (Å²) in [6.45, 7) is 0.747. The summed E-state index contributed by atoms with van der Waals surface area (Å²) in [5.41, 5.74) is 4.43. The van der Waals surface area contributed by atoms with E-state index in [1.807, 2.05) is 42.6 Å². The van der Waals surface area contributed by atoms with Gasteiger partial charge in [0.05, 0.1) is 18.3 Å². The zero-order chi connectivity index (χ0) is 15.5. The number of nitrogens with one attached hydrogen (secondary N) is 1. The van der Waals surface area contributed by atoms with Crippen LogP contribution in [0.3, 0.4) is 0 Å². The highest BCUT2D eigenvalue weighted by atomic mass is 15.1. The van der Waals surface area contributed by atoms with E-state index >= 15 is 0 Å². The zero-order valence-electron chi connectivity index (χ0n) is 12.7. The first kappa shape index (κ1) is 13.7. The molecule has 1 N–H and O–H groups in total. The summed E-state index contributed by atoms with van der Waals surface area (Å²) in [5.74, 6) is 0.961. The third-order valence-corrected chi connectivity index (χ3v) is 4.05. The monoisotopic (exact) mass is 299 g/mol.